The SMILES string of the molecule is CC(C)CNCc1nnnn1-c1c(F)cccc1Cl. The van der Waals surface area contributed by atoms with Crippen molar-refractivity contribution in [2.75, 3.05) is 6.54 Å². The van der Waals surface area contributed by atoms with Gasteiger partial charge in [-0.25, -0.2) is 4.39 Å². The summed E-state index contributed by atoms with van der Waals surface area (Å²) >= 11 is 6.00. The molecule has 0 saturated carbocycles. The van der Waals surface area contributed by atoms with Crippen LogP contribution >= 0.6 is 11.6 Å². The van der Waals surface area contributed by atoms with Crippen LogP contribution in [0.15, 0.2) is 18.2 Å². The first-order chi connectivity index (χ1) is 9.09. The van der Waals surface area contributed by atoms with Crippen LogP contribution in [-0.2, 0) is 6.54 Å². The third-order valence-electron chi connectivity index (χ3n) is 2.52. The topological polar surface area (TPSA) is 55.6 Å². The summed E-state index contributed by atoms with van der Waals surface area (Å²) < 4.78 is 15.1. The molecule has 7 heteroatoms. The quantitative estimate of drug-likeness (QED) is 0.914. The number of nitrogens with zero attached hydrogens (tertiary/aromatic N) is 4. The van der Waals surface area contributed by atoms with Crippen LogP contribution in [0.2, 0.25) is 5.02 Å². The van der Waals surface area contributed by atoms with Crippen molar-refractivity contribution < 1.29 is 4.39 Å². The van der Waals surface area contributed by atoms with Crippen LogP contribution in [-0.4, -0.2) is 26.8 Å². The number of halogens is 2. The Bertz CT molecular complexity index is 535. The van der Waals surface area contributed by atoms with Gasteiger partial charge in [-0.3, -0.25) is 0 Å². The summed E-state index contributed by atoms with van der Waals surface area (Å²) in [6, 6.07) is 4.48. The summed E-state index contributed by atoms with van der Waals surface area (Å²) in [5.74, 6) is 0.582. The number of hydrogen-bond acceptors (Lipinski definition) is 4. The number of nitrogens with one attached hydrogen (secondary N) is 1. The first-order valence-corrected chi connectivity index (χ1v) is 6.39. The van der Waals surface area contributed by atoms with Crippen LogP contribution in [0.3, 0.4) is 0 Å². The van der Waals surface area contributed by atoms with E-state index in [4.69, 9.17) is 11.6 Å². The smallest absolute Gasteiger partial charge is 0.170 e. The second-order valence-electron chi connectivity index (χ2n) is 4.60. The lowest BCUT2D eigenvalue weighted by atomic mass is 10.2. The lowest BCUT2D eigenvalue weighted by molar-refractivity contribution is 0.534. The highest BCUT2D eigenvalue weighted by molar-refractivity contribution is 6.32. The molecule has 0 bridgehead atoms. The summed E-state index contributed by atoms with van der Waals surface area (Å²) in [7, 11) is 0. The van der Waals surface area contributed by atoms with Crippen molar-refractivity contribution in [2.45, 2.75) is 20.4 Å². The number of benzene rings is 1. The maximum atomic E-state index is 13.8. The molecule has 2 rings (SSSR count). The molecular formula is C12H15ClFN5. The maximum Gasteiger partial charge on any atom is 0.170 e. The van der Waals surface area contributed by atoms with E-state index in [1.807, 2.05) is 0 Å². The highest BCUT2D eigenvalue weighted by Crippen LogP contribution is 2.23. The standard InChI is InChI=1S/C12H15ClFN5/c1-8(2)6-15-7-11-16-17-18-19(11)12-9(13)4-3-5-10(12)14/h3-5,8,15H,6-7H2,1-2H3. The van der Waals surface area contributed by atoms with Crippen LogP contribution in [0.4, 0.5) is 4.39 Å². The van der Waals surface area contributed by atoms with E-state index in [0.717, 1.165) is 6.54 Å². The zero-order valence-corrected chi connectivity index (χ0v) is 11.5. The van der Waals surface area contributed by atoms with Crippen molar-refractivity contribution in [3.05, 3.63) is 34.9 Å². The third kappa shape index (κ3) is 3.27. The molecule has 19 heavy (non-hydrogen) atoms. The summed E-state index contributed by atoms with van der Waals surface area (Å²) in [4.78, 5) is 0. The van der Waals surface area contributed by atoms with Gasteiger partial charge in [0.1, 0.15) is 5.69 Å². The minimum Gasteiger partial charge on any atom is -0.310 e. The Morgan fingerprint density at radius 1 is 1.42 bits per heavy atom. The zero-order chi connectivity index (χ0) is 13.8. The van der Waals surface area contributed by atoms with Gasteiger partial charge in [-0.2, -0.15) is 4.68 Å². The monoisotopic (exact) mass is 283 g/mol. The van der Waals surface area contributed by atoms with Crippen molar-refractivity contribution in [1.82, 2.24) is 25.5 Å². The Morgan fingerprint density at radius 3 is 2.89 bits per heavy atom. The van der Waals surface area contributed by atoms with Crippen LogP contribution in [0, 0.1) is 11.7 Å². The molecule has 0 saturated heterocycles. The molecule has 0 amide bonds. The normalized spacial score (nSPS) is 11.2. The van der Waals surface area contributed by atoms with Gasteiger partial charge in [-0.05, 0) is 35.0 Å². The Balaban J connectivity index is 2.24. The van der Waals surface area contributed by atoms with Crippen molar-refractivity contribution >= 4 is 11.6 Å². The molecule has 0 radical (unpaired) electrons. The fourth-order valence-electron chi connectivity index (χ4n) is 1.65. The predicted molar refractivity (Wildman–Crippen MR) is 70.7 cm³/mol. The lowest BCUT2D eigenvalue weighted by Gasteiger charge is -2.09. The molecule has 1 aromatic heterocycles. The van der Waals surface area contributed by atoms with Gasteiger partial charge in [0.15, 0.2) is 11.6 Å². The molecule has 102 valence electrons. The lowest BCUT2D eigenvalue weighted by Crippen LogP contribution is -2.21. The van der Waals surface area contributed by atoms with Crippen LogP contribution in [0.5, 0.6) is 0 Å². The summed E-state index contributed by atoms with van der Waals surface area (Å²) in [6.07, 6.45) is 0. The number of hydrogen-bond donors (Lipinski definition) is 1. The molecule has 0 spiro atoms. The Morgan fingerprint density at radius 2 is 2.21 bits per heavy atom. The summed E-state index contributed by atoms with van der Waals surface area (Å²) in [5, 5.41) is 14.7. The van der Waals surface area contributed by atoms with Gasteiger partial charge >= 0.3 is 0 Å². The molecule has 1 aromatic carbocycles. The van der Waals surface area contributed by atoms with Crippen molar-refractivity contribution in [3.8, 4) is 5.69 Å². The average molecular weight is 284 g/mol. The maximum absolute atomic E-state index is 13.8. The second-order valence-corrected chi connectivity index (χ2v) is 5.01. The molecule has 0 atom stereocenters. The number of rotatable bonds is 5. The average Bonchev–Trinajstić information content (AvgIpc) is 2.77. The van der Waals surface area contributed by atoms with Crippen LogP contribution in [0.25, 0.3) is 5.69 Å². The van der Waals surface area contributed by atoms with Gasteiger partial charge in [-0.1, -0.05) is 31.5 Å². The second kappa shape index (κ2) is 6.08. The minimum absolute atomic E-state index is 0.176. The highest BCUT2D eigenvalue weighted by Gasteiger charge is 2.15. The first kappa shape index (κ1) is 13.9. The molecule has 0 unspecified atom stereocenters. The number of para-hydroxylation sites is 1. The van der Waals surface area contributed by atoms with Gasteiger partial charge in [0.05, 0.1) is 11.6 Å². The highest BCUT2D eigenvalue weighted by atomic mass is 35.5. The molecular weight excluding hydrogens is 269 g/mol. The molecule has 0 aliphatic rings. The van der Waals surface area contributed by atoms with E-state index in [0.29, 0.717) is 18.3 Å². The molecule has 1 heterocycles. The van der Waals surface area contributed by atoms with E-state index < -0.39 is 5.82 Å². The molecule has 0 aliphatic carbocycles. The van der Waals surface area contributed by atoms with E-state index in [9.17, 15) is 4.39 Å². The fraction of sp³-hybridized carbons (Fsp3) is 0.417. The fourth-order valence-corrected chi connectivity index (χ4v) is 1.90. The third-order valence-corrected chi connectivity index (χ3v) is 2.82. The van der Waals surface area contributed by atoms with Gasteiger partial charge in [0.2, 0.25) is 0 Å². The van der Waals surface area contributed by atoms with Crippen molar-refractivity contribution in [2.24, 2.45) is 5.92 Å². The molecule has 1 N–H and O–H groups in total. The van der Waals surface area contributed by atoms with E-state index in [1.54, 1.807) is 12.1 Å². The Kier molecular flexibility index (Phi) is 4.44. The molecule has 0 aliphatic heterocycles. The van der Waals surface area contributed by atoms with Gasteiger partial charge in [0.25, 0.3) is 0 Å². The number of aromatic nitrogens is 4. The van der Waals surface area contributed by atoms with Crippen LogP contribution in [0.1, 0.15) is 19.7 Å². The Hall–Kier alpha value is -1.53. The number of tetrazole rings is 1. The Labute approximate surface area is 115 Å². The van der Waals surface area contributed by atoms with Crippen LogP contribution < -0.4 is 5.32 Å². The van der Waals surface area contributed by atoms with Crippen molar-refractivity contribution in [3.63, 3.8) is 0 Å². The van der Waals surface area contributed by atoms with Gasteiger partial charge in [0, 0.05) is 0 Å². The van der Waals surface area contributed by atoms with Crippen molar-refractivity contribution in [1.29, 1.82) is 0 Å². The van der Waals surface area contributed by atoms with Gasteiger partial charge < -0.3 is 5.32 Å². The first-order valence-electron chi connectivity index (χ1n) is 6.02. The molecule has 2 aromatic rings. The zero-order valence-electron chi connectivity index (χ0n) is 10.8. The summed E-state index contributed by atoms with van der Waals surface area (Å²) in [5.41, 5.74) is 0.176. The molecule has 5 nitrogen and oxygen atoms in total. The van der Waals surface area contributed by atoms with E-state index >= 15 is 0 Å². The van der Waals surface area contributed by atoms with Gasteiger partial charge in [-0.15, -0.1) is 5.10 Å². The predicted octanol–water partition coefficient (Wildman–Crippen LogP) is 2.20. The molecule has 0 fully saturated rings. The minimum atomic E-state index is -0.454. The van der Waals surface area contributed by atoms with E-state index in [2.05, 4.69) is 34.7 Å². The summed E-state index contributed by atoms with van der Waals surface area (Å²) in [6.45, 7) is 5.49. The largest absolute Gasteiger partial charge is 0.310 e. The van der Waals surface area contributed by atoms with E-state index in [1.165, 1.54) is 10.7 Å². The van der Waals surface area contributed by atoms with E-state index in [-0.39, 0.29) is 10.7 Å².